The van der Waals surface area contributed by atoms with E-state index in [1.807, 2.05) is 26.0 Å². The predicted octanol–water partition coefficient (Wildman–Crippen LogP) is 3.21. The zero-order valence-electron chi connectivity index (χ0n) is 11.0. The highest BCUT2D eigenvalue weighted by molar-refractivity contribution is 7.92. The van der Waals surface area contributed by atoms with Gasteiger partial charge in [0.05, 0.1) is 11.0 Å². The number of anilines is 1. The van der Waals surface area contributed by atoms with Crippen LogP contribution in [0.1, 0.15) is 20.8 Å². The highest BCUT2D eigenvalue weighted by atomic mass is 35.5. The van der Waals surface area contributed by atoms with Crippen LogP contribution in [0.5, 0.6) is 0 Å². The highest BCUT2D eigenvalue weighted by Crippen LogP contribution is 2.16. The van der Waals surface area contributed by atoms with Crippen LogP contribution in [0, 0.1) is 5.92 Å². The van der Waals surface area contributed by atoms with Gasteiger partial charge < -0.3 is 5.32 Å². The van der Waals surface area contributed by atoms with Gasteiger partial charge in [0.25, 0.3) is 0 Å². The molecule has 0 spiro atoms. The molecular weight excluding hydrogens is 270 g/mol. The quantitative estimate of drug-likeness (QED) is 0.875. The maximum atomic E-state index is 12.0. The smallest absolute Gasteiger partial charge is 0.154 e. The van der Waals surface area contributed by atoms with Crippen LogP contribution in [0.25, 0.3) is 0 Å². The van der Waals surface area contributed by atoms with Crippen molar-refractivity contribution >= 4 is 27.1 Å². The Hall–Kier alpha value is -0.740. The molecular formula is C13H20ClNO2S. The van der Waals surface area contributed by atoms with Gasteiger partial charge in [-0.05, 0) is 31.0 Å². The minimum atomic E-state index is -3.04. The number of nitrogens with one attached hydrogen (secondary N) is 1. The summed E-state index contributed by atoms with van der Waals surface area (Å²) in [6.45, 7) is 6.01. The van der Waals surface area contributed by atoms with E-state index < -0.39 is 9.84 Å². The summed E-state index contributed by atoms with van der Waals surface area (Å²) in [6, 6.07) is 7.25. The van der Waals surface area contributed by atoms with E-state index in [0.29, 0.717) is 11.6 Å². The van der Waals surface area contributed by atoms with Crippen LogP contribution in [0.4, 0.5) is 5.69 Å². The fourth-order valence-electron chi connectivity index (χ4n) is 1.54. The number of hydrogen-bond donors (Lipinski definition) is 1. The molecule has 1 aromatic rings. The maximum Gasteiger partial charge on any atom is 0.154 e. The van der Waals surface area contributed by atoms with Crippen molar-refractivity contribution in [1.82, 2.24) is 0 Å². The maximum absolute atomic E-state index is 12.0. The van der Waals surface area contributed by atoms with E-state index in [2.05, 4.69) is 5.32 Å². The van der Waals surface area contributed by atoms with Crippen molar-refractivity contribution in [3.8, 4) is 0 Å². The molecule has 1 unspecified atom stereocenters. The lowest BCUT2D eigenvalue weighted by Crippen LogP contribution is -2.28. The van der Waals surface area contributed by atoms with Crippen LogP contribution in [-0.4, -0.2) is 26.0 Å². The predicted molar refractivity (Wildman–Crippen MR) is 78.0 cm³/mol. The first kappa shape index (κ1) is 15.3. The largest absolute Gasteiger partial charge is 0.384 e. The number of rotatable bonds is 6. The average molecular weight is 290 g/mol. The van der Waals surface area contributed by atoms with Gasteiger partial charge in [0.1, 0.15) is 0 Å². The van der Waals surface area contributed by atoms with Gasteiger partial charge in [0.2, 0.25) is 0 Å². The lowest BCUT2D eigenvalue weighted by molar-refractivity contribution is 0.546. The van der Waals surface area contributed by atoms with Gasteiger partial charge in [-0.1, -0.05) is 31.5 Å². The van der Waals surface area contributed by atoms with Crippen molar-refractivity contribution in [2.24, 2.45) is 5.92 Å². The van der Waals surface area contributed by atoms with Crippen LogP contribution >= 0.6 is 11.6 Å². The molecule has 1 atom stereocenters. The summed E-state index contributed by atoms with van der Waals surface area (Å²) in [7, 11) is -3.04. The van der Waals surface area contributed by atoms with Gasteiger partial charge in [0, 0.05) is 17.3 Å². The molecule has 0 aromatic heterocycles. The second kappa shape index (κ2) is 6.43. The zero-order valence-corrected chi connectivity index (χ0v) is 12.6. The summed E-state index contributed by atoms with van der Waals surface area (Å²) in [5.41, 5.74) is 0.843. The summed E-state index contributed by atoms with van der Waals surface area (Å²) in [5.74, 6) is 0.278. The van der Waals surface area contributed by atoms with E-state index in [1.54, 1.807) is 19.1 Å². The normalized spacial score (nSPS) is 13.6. The second-order valence-corrected chi connectivity index (χ2v) is 7.67. The van der Waals surface area contributed by atoms with E-state index in [1.165, 1.54) is 0 Å². The lowest BCUT2D eigenvalue weighted by Gasteiger charge is -2.16. The molecule has 18 heavy (non-hydrogen) atoms. The fourth-order valence-corrected chi connectivity index (χ4v) is 3.31. The molecule has 102 valence electrons. The molecule has 0 aliphatic heterocycles. The Labute approximate surface area is 114 Å². The van der Waals surface area contributed by atoms with Gasteiger partial charge in [-0.25, -0.2) is 8.42 Å². The average Bonchev–Trinajstić information content (AvgIpc) is 2.27. The summed E-state index contributed by atoms with van der Waals surface area (Å²) >= 11 is 5.85. The Morgan fingerprint density at radius 1 is 1.28 bits per heavy atom. The monoisotopic (exact) mass is 289 g/mol. The second-order valence-electron chi connectivity index (χ2n) is 4.75. The standard InChI is InChI=1S/C13H20ClNO2S/c1-10(2)11(3)18(16,17)8-7-15-13-6-4-5-12(14)9-13/h4-6,9-11,15H,7-8H2,1-3H3. The van der Waals surface area contributed by atoms with Gasteiger partial charge in [-0.2, -0.15) is 0 Å². The van der Waals surface area contributed by atoms with E-state index in [-0.39, 0.29) is 16.9 Å². The van der Waals surface area contributed by atoms with E-state index in [9.17, 15) is 8.42 Å². The van der Waals surface area contributed by atoms with Gasteiger partial charge >= 0.3 is 0 Å². The Balaban J connectivity index is 2.52. The molecule has 5 heteroatoms. The molecule has 3 nitrogen and oxygen atoms in total. The van der Waals surface area contributed by atoms with Crippen molar-refractivity contribution in [2.75, 3.05) is 17.6 Å². The third-order valence-electron chi connectivity index (χ3n) is 3.05. The molecule has 0 bridgehead atoms. The van der Waals surface area contributed by atoms with E-state index >= 15 is 0 Å². The van der Waals surface area contributed by atoms with Crippen molar-refractivity contribution in [2.45, 2.75) is 26.0 Å². The van der Waals surface area contributed by atoms with Gasteiger partial charge in [-0.15, -0.1) is 0 Å². The van der Waals surface area contributed by atoms with Crippen molar-refractivity contribution < 1.29 is 8.42 Å². The molecule has 0 aliphatic rings. The van der Waals surface area contributed by atoms with E-state index in [0.717, 1.165) is 5.69 Å². The molecule has 0 fully saturated rings. The summed E-state index contributed by atoms with van der Waals surface area (Å²) < 4.78 is 23.9. The number of halogens is 1. The van der Waals surface area contributed by atoms with Gasteiger partial charge in [-0.3, -0.25) is 0 Å². The van der Waals surface area contributed by atoms with E-state index in [4.69, 9.17) is 11.6 Å². The first-order chi connectivity index (χ1) is 8.33. The summed E-state index contributed by atoms with van der Waals surface area (Å²) in [5, 5.41) is 3.40. The van der Waals surface area contributed by atoms with Crippen molar-refractivity contribution in [1.29, 1.82) is 0 Å². The Kier molecular flexibility index (Phi) is 5.47. The lowest BCUT2D eigenvalue weighted by atomic mass is 10.2. The Bertz CT molecular complexity index is 486. The summed E-state index contributed by atoms with van der Waals surface area (Å²) in [6.07, 6.45) is 0. The molecule has 0 heterocycles. The minimum Gasteiger partial charge on any atom is -0.384 e. The molecule has 1 rings (SSSR count). The fraction of sp³-hybridized carbons (Fsp3) is 0.538. The molecule has 1 aromatic carbocycles. The Morgan fingerprint density at radius 2 is 1.94 bits per heavy atom. The highest BCUT2D eigenvalue weighted by Gasteiger charge is 2.23. The van der Waals surface area contributed by atoms with Crippen LogP contribution in [-0.2, 0) is 9.84 Å². The number of benzene rings is 1. The molecule has 0 saturated carbocycles. The molecule has 0 amide bonds. The number of hydrogen-bond acceptors (Lipinski definition) is 3. The third-order valence-corrected chi connectivity index (χ3v) is 5.73. The molecule has 1 N–H and O–H groups in total. The zero-order chi connectivity index (χ0) is 13.8. The van der Waals surface area contributed by atoms with Crippen LogP contribution in [0.2, 0.25) is 5.02 Å². The SMILES string of the molecule is CC(C)C(C)S(=O)(=O)CCNc1cccc(Cl)c1. The first-order valence-electron chi connectivity index (χ1n) is 6.04. The molecule has 0 saturated heterocycles. The first-order valence-corrected chi connectivity index (χ1v) is 8.13. The topological polar surface area (TPSA) is 46.2 Å². The summed E-state index contributed by atoms with van der Waals surface area (Å²) in [4.78, 5) is 0. The third kappa shape index (κ3) is 4.50. The van der Waals surface area contributed by atoms with Crippen LogP contribution in [0.15, 0.2) is 24.3 Å². The van der Waals surface area contributed by atoms with Crippen molar-refractivity contribution in [3.05, 3.63) is 29.3 Å². The molecule has 0 radical (unpaired) electrons. The minimum absolute atomic E-state index is 0.138. The van der Waals surface area contributed by atoms with Gasteiger partial charge in [0.15, 0.2) is 9.84 Å². The van der Waals surface area contributed by atoms with Crippen LogP contribution in [0.3, 0.4) is 0 Å². The molecule has 0 aliphatic carbocycles. The van der Waals surface area contributed by atoms with Crippen molar-refractivity contribution in [3.63, 3.8) is 0 Å². The number of sulfone groups is 1. The van der Waals surface area contributed by atoms with Crippen LogP contribution < -0.4 is 5.32 Å². The Morgan fingerprint density at radius 3 is 2.50 bits per heavy atom.